The van der Waals surface area contributed by atoms with E-state index >= 15 is 4.39 Å². The van der Waals surface area contributed by atoms with Gasteiger partial charge in [-0.1, -0.05) is 23.8 Å². The molecule has 2 N–H and O–H groups in total. The molecule has 2 aliphatic rings. The smallest absolute Gasteiger partial charge is 0.251 e. The molecule has 1 amide bonds. The molecule has 2 aromatic heterocycles. The first-order valence-electron chi connectivity index (χ1n) is 14.6. The van der Waals surface area contributed by atoms with Gasteiger partial charge in [-0.25, -0.2) is 9.37 Å². The van der Waals surface area contributed by atoms with Crippen molar-refractivity contribution in [3.8, 4) is 17.0 Å². The molecular formula is C31H38FN5O2S. The van der Waals surface area contributed by atoms with Gasteiger partial charge in [-0.05, 0) is 102 Å². The molecule has 2 fully saturated rings. The third-order valence-corrected chi connectivity index (χ3v) is 8.90. The molecule has 2 aliphatic heterocycles. The second-order valence-electron chi connectivity index (χ2n) is 11.3. The summed E-state index contributed by atoms with van der Waals surface area (Å²) in [7, 11) is 0. The Morgan fingerprint density at radius 2 is 2.05 bits per heavy atom. The number of nitrogens with one attached hydrogen (secondary N) is 2. The average molecular weight is 564 g/mol. The SMILES string of the molecule is CC(C)Oc1cc(C(=O)NCCCN2CCCCC2)cc2sc3nc(-c4ccc([C@@H]5CCCN5)cc4F)cn3c12. The van der Waals surface area contributed by atoms with Crippen LogP contribution in [0.5, 0.6) is 5.75 Å². The third kappa shape index (κ3) is 5.73. The maximum Gasteiger partial charge on any atom is 0.251 e. The molecule has 0 aliphatic carbocycles. The van der Waals surface area contributed by atoms with Crippen LogP contribution in [0.1, 0.15) is 74.3 Å². The van der Waals surface area contributed by atoms with Gasteiger partial charge in [0.1, 0.15) is 17.1 Å². The number of piperidine rings is 1. The van der Waals surface area contributed by atoms with Gasteiger partial charge in [0.2, 0.25) is 0 Å². The number of ether oxygens (including phenoxy) is 1. The molecule has 4 heterocycles. The van der Waals surface area contributed by atoms with Gasteiger partial charge in [0.25, 0.3) is 5.91 Å². The highest BCUT2D eigenvalue weighted by molar-refractivity contribution is 7.23. The Labute approximate surface area is 238 Å². The lowest BCUT2D eigenvalue weighted by molar-refractivity contribution is 0.0950. The van der Waals surface area contributed by atoms with Crippen molar-refractivity contribution in [1.82, 2.24) is 24.9 Å². The lowest BCUT2D eigenvalue weighted by Crippen LogP contribution is -2.33. The Morgan fingerprint density at radius 3 is 2.80 bits per heavy atom. The van der Waals surface area contributed by atoms with E-state index in [1.54, 1.807) is 6.07 Å². The van der Waals surface area contributed by atoms with Crippen LogP contribution in [0.15, 0.2) is 36.5 Å². The molecule has 40 heavy (non-hydrogen) atoms. The van der Waals surface area contributed by atoms with Gasteiger partial charge in [0.05, 0.1) is 16.5 Å². The number of amides is 1. The van der Waals surface area contributed by atoms with Gasteiger partial charge >= 0.3 is 0 Å². The zero-order valence-electron chi connectivity index (χ0n) is 23.3. The highest BCUT2D eigenvalue weighted by Crippen LogP contribution is 2.37. The van der Waals surface area contributed by atoms with E-state index in [9.17, 15) is 4.79 Å². The van der Waals surface area contributed by atoms with E-state index < -0.39 is 0 Å². The second-order valence-corrected chi connectivity index (χ2v) is 12.3. The normalized spacial score (nSPS) is 18.2. The molecule has 2 saturated heterocycles. The van der Waals surface area contributed by atoms with Gasteiger partial charge < -0.3 is 20.3 Å². The van der Waals surface area contributed by atoms with Crippen molar-refractivity contribution in [2.24, 2.45) is 0 Å². The molecule has 212 valence electrons. The van der Waals surface area contributed by atoms with Crippen molar-refractivity contribution >= 4 is 32.4 Å². The average Bonchev–Trinajstić information content (AvgIpc) is 3.68. The van der Waals surface area contributed by atoms with Crippen LogP contribution in [-0.4, -0.2) is 59.0 Å². The number of thiazole rings is 1. The largest absolute Gasteiger partial charge is 0.489 e. The van der Waals surface area contributed by atoms with Crippen molar-refractivity contribution in [2.45, 2.75) is 64.5 Å². The topological polar surface area (TPSA) is 70.9 Å². The van der Waals surface area contributed by atoms with Crippen LogP contribution in [0.2, 0.25) is 0 Å². The van der Waals surface area contributed by atoms with Crippen molar-refractivity contribution in [2.75, 3.05) is 32.7 Å². The Balaban J connectivity index is 1.24. The number of rotatable bonds is 9. The first kappa shape index (κ1) is 27.2. The lowest BCUT2D eigenvalue weighted by Gasteiger charge is -2.26. The standard InChI is InChI=1S/C31H38FN5O2S/c1-20(2)39-27-17-22(30(38)34-12-7-15-36-13-4-3-5-14-36)18-28-29(27)37-19-26(35-31(37)40-28)23-10-9-21(16-24(23)32)25-8-6-11-33-25/h9-10,16-20,25,33H,3-8,11-15H2,1-2H3,(H,34,38)/t25-/m0/s1. The van der Waals surface area contributed by atoms with E-state index in [1.807, 2.05) is 48.7 Å². The van der Waals surface area contributed by atoms with E-state index in [1.165, 1.54) is 43.7 Å². The minimum absolute atomic E-state index is 0.0711. The van der Waals surface area contributed by atoms with Crippen molar-refractivity contribution in [3.05, 3.63) is 53.5 Å². The van der Waals surface area contributed by atoms with Gasteiger partial charge in [0.15, 0.2) is 4.96 Å². The second kappa shape index (κ2) is 11.8. The maximum atomic E-state index is 15.2. The van der Waals surface area contributed by atoms with Gasteiger partial charge in [-0.15, -0.1) is 0 Å². The highest BCUT2D eigenvalue weighted by Gasteiger charge is 2.21. The number of benzene rings is 2. The van der Waals surface area contributed by atoms with Crippen LogP contribution in [0.3, 0.4) is 0 Å². The Kier molecular flexibility index (Phi) is 8.05. The van der Waals surface area contributed by atoms with Crippen molar-refractivity contribution in [1.29, 1.82) is 0 Å². The molecule has 0 saturated carbocycles. The monoisotopic (exact) mass is 563 g/mol. The number of hydrogen-bond donors (Lipinski definition) is 2. The summed E-state index contributed by atoms with van der Waals surface area (Å²) in [4.78, 5) is 21.1. The van der Waals surface area contributed by atoms with Crippen LogP contribution < -0.4 is 15.4 Å². The van der Waals surface area contributed by atoms with Crippen LogP contribution in [-0.2, 0) is 0 Å². The lowest BCUT2D eigenvalue weighted by atomic mass is 10.0. The number of imidazole rings is 1. The summed E-state index contributed by atoms with van der Waals surface area (Å²) < 4.78 is 24.3. The summed E-state index contributed by atoms with van der Waals surface area (Å²) in [6, 6.07) is 9.41. The molecule has 6 rings (SSSR count). The number of nitrogens with zero attached hydrogens (tertiary/aromatic N) is 3. The minimum Gasteiger partial charge on any atom is -0.489 e. The van der Waals surface area contributed by atoms with Crippen molar-refractivity contribution in [3.63, 3.8) is 0 Å². The fourth-order valence-corrected chi connectivity index (χ4v) is 6.98. The van der Waals surface area contributed by atoms with E-state index in [2.05, 4.69) is 15.5 Å². The Bertz CT molecular complexity index is 1500. The van der Waals surface area contributed by atoms with E-state index in [-0.39, 0.29) is 23.9 Å². The first-order valence-corrected chi connectivity index (χ1v) is 15.4. The Morgan fingerprint density at radius 1 is 1.20 bits per heavy atom. The number of carbonyl (C=O) groups excluding carboxylic acids is 1. The zero-order chi connectivity index (χ0) is 27.6. The van der Waals surface area contributed by atoms with E-state index in [0.717, 1.165) is 53.1 Å². The molecule has 0 radical (unpaired) electrons. The highest BCUT2D eigenvalue weighted by atomic mass is 32.1. The van der Waals surface area contributed by atoms with Crippen LogP contribution in [0.4, 0.5) is 4.39 Å². The number of halogens is 1. The van der Waals surface area contributed by atoms with E-state index in [4.69, 9.17) is 9.72 Å². The van der Waals surface area contributed by atoms with Gasteiger partial charge in [-0.2, -0.15) is 0 Å². The molecule has 0 spiro atoms. The molecule has 1 atom stereocenters. The van der Waals surface area contributed by atoms with Crippen molar-refractivity contribution < 1.29 is 13.9 Å². The summed E-state index contributed by atoms with van der Waals surface area (Å²) in [6.45, 7) is 8.91. The van der Waals surface area contributed by atoms with Gasteiger partial charge in [0, 0.05) is 29.9 Å². The summed E-state index contributed by atoms with van der Waals surface area (Å²) in [5.74, 6) is 0.267. The summed E-state index contributed by atoms with van der Waals surface area (Å²) >= 11 is 1.48. The summed E-state index contributed by atoms with van der Waals surface area (Å²) in [6.07, 6.45) is 8.75. The third-order valence-electron chi connectivity index (χ3n) is 7.90. The fourth-order valence-electron chi connectivity index (χ4n) is 5.91. The van der Waals surface area contributed by atoms with Crippen LogP contribution in [0.25, 0.3) is 26.4 Å². The number of likely N-dealkylation sites (tertiary alicyclic amines) is 1. The van der Waals surface area contributed by atoms with E-state index in [0.29, 0.717) is 29.1 Å². The Hall–Kier alpha value is -3.01. The number of fused-ring (bicyclic) bond motifs is 3. The first-order chi connectivity index (χ1) is 19.5. The predicted octanol–water partition coefficient (Wildman–Crippen LogP) is 6.17. The van der Waals surface area contributed by atoms with Crippen LogP contribution >= 0.6 is 11.3 Å². The predicted molar refractivity (Wildman–Crippen MR) is 159 cm³/mol. The number of carbonyl (C=O) groups is 1. The van der Waals surface area contributed by atoms with Crippen LogP contribution in [0, 0.1) is 5.82 Å². The maximum absolute atomic E-state index is 15.2. The summed E-state index contributed by atoms with van der Waals surface area (Å²) in [5.41, 5.74) is 3.48. The molecule has 4 aromatic rings. The molecule has 9 heteroatoms. The molecule has 2 aromatic carbocycles. The quantitative estimate of drug-likeness (QED) is 0.238. The molecule has 0 unspecified atom stereocenters. The number of aromatic nitrogens is 2. The molecule has 7 nitrogen and oxygen atoms in total. The summed E-state index contributed by atoms with van der Waals surface area (Å²) in [5, 5.41) is 6.52. The zero-order valence-corrected chi connectivity index (χ0v) is 24.2. The molecule has 0 bridgehead atoms. The van der Waals surface area contributed by atoms with Gasteiger partial charge in [-0.3, -0.25) is 9.20 Å². The minimum atomic E-state index is -0.265. The molecular weight excluding hydrogens is 525 g/mol. The number of hydrogen-bond acceptors (Lipinski definition) is 6. The fraction of sp³-hybridized carbons (Fsp3) is 0.484.